The molecule has 0 unspecified atom stereocenters. The Kier molecular flexibility index (Phi) is 6.37. The molecule has 0 saturated heterocycles. The molecule has 0 atom stereocenters. The Bertz CT molecular complexity index is 1280. The lowest BCUT2D eigenvalue weighted by molar-refractivity contribution is 0.282. The molecule has 0 radical (unpaired) electrons. The molecule has 0 aromatic heterocycles. The summed E-state index contributed by atoms with van der Waals surface area (Å²) in [6, 6.07) is 45.8. The topological polar surface area (TPSA) is 35.5 Å². The zero-order chi connectivity index (χ0) is 23.2. The highest BCUT2D eigenvalue weighted by Crippen LogP contribution is 2.35. The molecule has 0 aliphatic heterocycles. The normalized spacial score (nSPS) is 10.6. The Morgan fingerprint density at radius 2 is 0.882 bits per heavy atom. The van der Waals surface area contributed by atoms with E-state index in [9.17, 15) is 5.11 Å². The fourth-order valence-electron chi connectivity index (χ4n) is 4.01. The highest BCUT2D eigenvalue weighted by atomic mass is 16.3. The van der Waals surface area contributed by atoms with Crippen molar-refractivity contribution in [3.8, 4) is 11.1 Å². The van der Waals surface area contributed by atoms with E-state index < -0.39 is 0 Å². The number of aliphatic hydroxyl groups is 1. The average molecular weight is 443 g/mol. The molecule has 0 aliphatic rings. The van der Waals surface area contributed by atoms with E-state index in [1.54, 1.807) is 0 Å². The standard InChI is InChI=1S/C31H26N2O/c34-23-24-11-17-27(18-12-24)32-28-19-13-25(14-20-28)26-15-21-31(22-16-26)33(29-7-3-1-4-8-29)30-9-5-2-6-10-30/h1-22,32,34H,23H2. The van der Waals surface area contributed by atoms with Gasteiger partial charge in [-0.05, 0) is 77.4 Å². The van der Waals surface area contributed by atoms with Gasteiger partial charge in [0.25, 0.3) is 0 Å². The molecule has 0 amide bonds. The fourth-order valence-corrected chi connectivity index (χ4v) is 4.01. The van der Waals surface area contributed by atoms with Crippen molar-refractivity contribution < 1.29 is 5.11 Å². The molecular weight excluding hydrogens is 416 g/mol. The first-order valence-electron chi connectivity index (χ1n) is 11.4. The van der Waals surface area contributed by atoms with Gasteiger partial charge in [-0.25, -0.2) is 0 Å². The molecule has 0 fully saturated rings. The Morgan fingerprint density at radius 1 is 0.471 bits per heavy atom. The lowest BCUT2D eigenvalue weighted by Crippen LogP contribution is -2.09. The third kappa shape index (κ3) is 4.85. The second-order valence-corrected chi connectivity index (χ2v) is 8.11. The van der Waals surface area contributed by atoms with Crippen molar-refractivity contribution in [2.75, 3.05) is 10.2 Å². The first-order chi connectivity index (χ1) is 16.8. The number of hydrogen-bond donors (Lipinski definition) is 2. The minimum Gasteiger partial charge on any atom is -0.392 e. The lowest BCUT2D eigenvalue weighted by atomic mass is 10.0. The van der Waals surface area contributed by atoms with E-state index in [0.29, 0.717) is 0 Å². The summed E-state index contributed by atoms with van der Waals surface area (Å²) in [6.45, 7) is 0.0578. The molecule has 5 aromatic rings. The van der Waals surface area contributed by atoms with Crippen LogP contribution in [-0.2, 0) is 6.61 Å². The highest BCUT2D eigenvalue weighted by molar-refractivity contribution is 5.78. The second-order valence-electron chi connectivity index (χ2n) is 8.11. The van der Waals surface area contributed by atoms with Gasteiger partial charge in [-0.2, -0.15) is 0 Å². The lowest BCUT2D eigenvalue weighted by Gasteiger charge is -2.25. The van der Waals surface area contributed by atoms with Crippen molar-refractivity contribution in [1.82, 2.24) is 0 Å². The van der Waals surface area contributed by atoms with Gasteiger partial charge in [0.1, 0.15) is 0 Å². The molecule has 0 bridgehead atoms. The Hall–Kier alpha value is -4.34. The summed E-state index contributed by atoms with van der Waals surface area (Å²) in [5.41, 5.74) is 8.64. The van der Waals surface area contributed by atoms with E-state index in [1.165, 1.54) is 11.1 Å². The SMILES string of the molecule is OCc1ccc(Nc2ccc(-c3ccc(N(c4ccccc4)c4ccccc4)cc3)cc2)cc1. The summed E-state index contributed by atoms with van der Waals surface area (Å²) in [5.74, 6) is 0. The van der Waals surface area contributed by atoms with Crippen LogP contribution in [0.4, 0.5) is 28.4 Å². The number of para-hydroxylation sites is 2. The molecule has 0 saturated carbocycles. The molecule has 34 heavy (non-hydrogen) atoms. The first-order valence-corrected chi connectivity index (χ1v) is 11.4. The minimum absolute atomic E-state index is 0.0578. The number of benzene rings is 5. The summed E-state index contributed by atoms with van der Waals surface area (Å²) >= 11 is 0. The summed E-state index contributed by atoms with van der Waals surface area (Å²) in [5, 5.41) is 12.6. The zero-order valence-corrected chi connectivity index (χ0v) is 18.8. The average Bonchev–Trinajstić information content (AvgIpc) is 2.91. The predicted molar refractivity (Wildman–Crippen MR) is 142 cm³/mol. The van der Waals surface area contributed by atoms with E-state index in [1.807, 2.05) is 36.4 Å². The van der Waals surface area contributed by atoms with Gasteiger partial charge in [-0.1, -0.05) is 72.8 Å². The van der Waals surface area contributed by atoms with Crippen LogP contribution in [0.15, 0.2) is 133 Å². The summed E-state index contributed by atoms with van der Waals surface area (Å²) in [7, 11) is 0. The Labute approximate surface area is 200 Å². The molecule has 0 aliphatic carbocycles. The summed E-state index contributed by atoms with van der Waals surface area (Å²) in [4.78, 5) is 2.26. The van der Waals surface area contributed by atoms with E-state index in [2.05, 4.69) is 107 Å². The molecule has 5 aromatic carbocycles. The van der Waals surface area contributed by atoms with Crippen LogP contribution in [-0.4, -0.2) is 5.11 Å². The number of rotatable bonds is 7. The summed E-state index contributed by atoms with van der Waals surface area (Å²) in [6.07, 6.45) is 0. The van der Waals surface area contributed by atoms with Crippen LogP contribution in [0.2, 0.25) is 0 Å². The van der Waals surface area contributed by atoms with Gasteiger partial charge in [0.2, 0.25) is 0 Å². The molecule has 0 heterocycles. The van der Waals surface area contributed by atoms with Gasteiger partial charge in [0.15, 0.2) is 0 Å². The molecule has 3 heteroatoms. The predicted octanol–water partition coefficient (Wildman–Crippen LogP) is 8.06. The Morgan fingerprint density at radius 3 is 1.35 bits per heavy atom. The molecule has 166 valence electrons. The van der Waals surface area contributed by atoms with Crippen molar-refractivity contribution in [2.24, 2.45) is 0 Å². The third-order valence-electron chi connectivity index (χ3n) is 5.80. The van der Waals surface area contributed by atoms with Gasteiger partial charge in [0.05, 0.1) is 6.61 Å². The van der Waals surface area contributed by atoms with Gasteiger partial charge >= 0.3 is 0 Å². The van der Waals surface area contributed by atoms with Gasteiger partial charge in [0, 0.05) is 28.4 Å². The van der Waals surface area contributed by atoms with Crippen molar-refractivity contribution in [2.45, 2.75) is 6.61 Å². The van der Waals surface area contributed by atoms with Crippen LogP contribution in [0.3, 0.4) is 0 Å². The van der Waals surface area contributed by atoms with Gasteiger partial charge in [-0.15, -0.1) is 0 Å². The number of anilines is 5. The third-order valence-corrected chi connectivity index (χ3v) is 5.80. The van der Waals surface area contributed by atoms with Gasteiger partial charge < -0.3 is 15.3 Å². The maximum absolute atomic E-state index is 9.20. The van der Waals surface area contributed by atoms with E-state index in [0.717, 1.165) is 34.0 Å². The molecule has 3 nitrogen and oxygen atoms in total. The van der Waals surface area contributed by atoms with Crippen LogP contribution in [0.25, 0.3) is 11.1 Å². The smallest absolute Gasteiger partial charge is 0.0681 e. The van der Waals surface area contributed by atoms with Crippen LogP contribution in [0.5, 0.6) is 0 Å². The van der Waals surface area contributed by atoms with E-state index >= 15 is 0 Å². The number of hydrogen-bond acceptors (Lipinski definition) is 3. The first kappa shape index (κ1) is 21.5. The van der Waals surface area contributed by atoms with Crippen LogP contribution in [0, 0.1) is 0 Å². The quantitative estimate of drug-likeness (QED) is 0.268. The van der Waals surface area contributed by atoms with Crippen LogP contribution < -0.4 is 10.2 Å². The highest BCUT2D eigenvalue weighted by Gasteiger charge is 2.11. The van der Waals surface area contributed by atoms with Crippen LogP contribution >= 0.6 is 0 Å². The maximum atomic E-state index is 9.20. The van der Waals surface area contributed by atoms with Crippen LogP contribution in [0.1, 0.15) is 5.56 Å². The van der Waals surface area contributed by atoms with Crippen molar-refractivity contribution in [1.29, 1.82) is 0 Å². The maximum Gasteiger partial charge on any atom is 0.0681 e. The minimum atomic E-state index is 0.0578. The van der Waals surface area contributed by atoms with Crippen molar-refractivity contribution in [3.05, 3.63) is 139 Å². The Balaban J connectivity index is 1.36. The summed E-state index contributed by atoms with van der Waals surface area (Å²) < 4.78 is 0. The molecule has 2 N–H and O–H groups in total. The number of nitrogens with zero attached hydrogens (tertiary/aromatic N) is 1. The number of aliphatic hydroxyl groups excluding tert-OH is 1. The largest absolute Gasteiger partial charge is 0.392 e. The van der Waals surface area contributed by atoms with Gasteiger partial charge in [-0.3, -0.25) is 0 Å². The number of nitrogens with one attached hydrogen (secondary N) is 1. The fraction of sp³-hybridized carbons (Fsp3) is 0.0323. The van der Waals surface area contributed by atoms with E-state index in [-0.39, 0.29) is 6.61 Å². The second kappa shape index (κ2) is 10.1. The zero-order valence-electron chi connectivity index (χ0n) is 18.8. The van der Waals surface area contributed by atoms with Crippen molar-refractivity contribution >= 4 is 28.4 Å². The van der Waals surface area contributed by atoms with Crippen molar-refractivity contribution in [3.63, 3.8) is 0 Å². The van der Waals surface area contributed by atoms with E-state index in [4.69, 9.17) is 0 Å². The molecule has 5 rings (SSSR count). The molecular formula is C31H26N2O. The molecule has 0 spiro atoms. The monoisotopic (exact) mass is 442 g/mol.